The Kier molecular flexibility index (Phi) is 4.71. The molecule has 0 unspecified atom stereocenters. The molecule has 0 saturated heterocycles. The van der Waals surface area contributed by atoms with Gasteiger partial charge < -0.3 is 9.84 Å². The molecule has 0 spiro atoms. The lowest BCUT2D eigenvalue weighted by Gasteiger charge is -2.12. The van der Waals surface area contributed by atoms with E-state index in [0.29, 0.717) is 16.5 Å². The van der Waals surface area contributed by atoms with E-state index in [9.17, 15) is 4.79 Å². The van der Waals surface area contributed by atoms with Crippen LogP contribution < -0.4 is 5.32 Å². The van der Waals surface area contributed by atoms with Crippen molar-refractivity contribution in [2.75, 3.05) is 0 Å². The van der Waals surface area contributed by atoms with Crippen molar-refractivity contribution in [3.8, 4) is 23.0 Å². The summed E-state index contributed by atoms with van der Waals surface area (Å²) in [6.07, 6.45) is 3.31. The number of pyridine rings is 1. The zero-order valence-electron chi connectivity index (χ0n) is 14.4. The zero-order valence-corrected chi connectivity index (χ0v) is 15.2. The van der Waals surface area contributed by atoms with Crippen molar-refractivity contribution < 1.29 is 9.32 Å². The summed E-state index contributed by atoms with van der Waals surface area (Å²) in [5.74, 6) is 0.480. The molecule has 1 atom stereocenters. The number of benzene rings is 1. The van der Waals surface area contributed by atoms with Crippen LogP contribution in [0.15, 0.2) is 64.8 Å². The Hall–Kier alpha value is -3.39. The second kappa shape index (κ2) is 7.46. The van der Waals surface area contributed by atoms with E-state index in [1.165, 1.54) is 11.3 Å². The van der Waals surface area contributed by atoms with Gasteiger partial charge in [-0.25, -0.2) is 4.98 Å². The average Bonchev–Trinajstić information content (AvgIpc) is 3.39. The van der Waals surface area contributed by atoms with Crippen LogP contribution >= 0.6 is 11.3 Å². The van der Waals surface area contributed by atoms with E-state index in [2.05, 4.69) is 25.4 Å². The van der Waals surface area contributed by atoms with Crippen molar-refractivity contribution in [1.29, 1.82) is 0 Å². The van der Waals surface area contributed by atoms with Crippen LogP contribution in [0.4, 0.5) is 0 Å². The Balaban J connectivity index is 1.49. The van der Waals surface area contributed by atoms with Crippen molar-refractivity contribution in [2.24, 2.45) is 0 Å². The van der Waals surface area contributed by atoms with E-state index < -0.39 is 0 Å². The number of nitrogens with one attached hydrogen (secondary N) is 1. The largest absolute Gasteiger partial charge is 0.343 e. The van der Waals surface area contributed by atoms with Gasteiger partial charge in [0.15, 0.2) is 5.01 Å². The quantitative estimate of drug-likeness (QED) is 0.569. The number of thiazole rings is 1. The van der Waals surface area contributed by atoms with Gasteiger partial charge in [0, 0.05) is 23.3 Å². The second-order valence-electron chi connectivity index (χ2n) is 5.80. The van der Waals surface area contributed by atoms with E-state index >= 15 is 0 Å². The number of hydrogen-bond acceptors (Lipinski definition) is 7. The summed E-state index contributed by atoms with van der Waals surface area (Å²) in [6, 6.07) is 13.2. The molecule has 0 saturated carbocycles. The Morgan fingerprint density at radius 1 is 1.11 bits per heavy atom. The number of rotatable bonds is 5. The summed E-state index contributed by atoms with van der Waals surface area (Å²) in [4.78, 5) is 25.1. The smallest absolute Gasteiger partial charge is 0.280 e. The normalized spacial score (nSPS) is 11.9. The third kappa shape index (κ3) is 3.75. The lowest BCUT2D eigenvalue weighted by Crippen LogP contribution is -2.26. The molecule has 3 heterocycles. The minimum Gasteiger partial charge on any atom is -0.343 e. The highest BCUT2D eigenvalue weighted by atomic mass is 32.1. The Bertz CT molecular complexity index is 1050. The lowest BCUT2D eigenvalue weighted by atomic mass is 10.1. The number of hydrogen-bond donors (Lipinski definition) is 1. The molecule has 0 aliphatic rings. The maximum Gasteiger partial charge on any atom is 0.280 e. The number of aromatic nitrogens is 4. The molecule has 1 aromatic carbocycles. The standard InChI is InChI=1S/C19H15N5O2S/c1-12(13-5-3-2-4-6-13)21-17(25)19-22-15(11-27-19)18-23-16(24-26-18)14-7-9-20-10-8-14/h2-12H,1H3,(H,21,25)/t12-/m1/s1. The fraction of sp³-hybridized carbons (Fsp3) is 0.105. The molecule has 0 radical (unpaired) electrons. The highest BCUT2D eigenvalue weighted by Gasteiger charge is 2.18. The first-order valence-electron chi connectivity index (χ1n) is 8.26. The summed E-state index contributed by atoms with van der Waals surface area (Å²) >= 11 is 1.23. The topological polar surface area (TPSA) is 93.8 Å². The van der Waals surface area contributed by atoms with Crippen molar-refractivity contribution >= 4 is 17.2 Å². The maximum atomic E-state index is 12.5. The second-order valence-corrected chi connectivity index (χ2v) is 6.66. The van der Waals surface area contributed by atoms with Crippen LogP contribution in [0.1, 0.15) is 28.3 Å². The van der Waals surface area contributed by atoms with Gasteiger partial charge in [0.1, 0.15) is 5.69 Å². The third-order valence-corrected chi connectivity index (χ3v) is 4.77. The lowest BCUT2D eigenvalue weighted by molar-refractivity contribution is 0.0939. The summed E-state index contributed by atoms with van der Waals surface area (Å²) < 4.78 is 5.28. The van der Waals surface area contributed by atoms with Gasteiger partial charge >= 0.3 is 0 Å². The van der Waals surface area contributed by atoms with Gasteiger partial charge in [0.25, 0.3) is 11.8 Å². The molecule has 0 aliphatic heterocycles. The van der Waals surface area contributed by atoms with Gasteiger partial charge in [0.05, 0.1) is 6.04 Å². The molecule has 7 nitrogen and oxygen atoms in total. The Morgan fingerprint density at radius 3 is 2.67 bits per heavy atom. The predicted octanol–water partition coefficient (Wildman–Crippen LogP) is 3.75. The van der Waals surface area contributed by atoms with E-state index in [0.717, 1.165) is 11.1 Å². The first kappa shape index (κ1) is 17.0. The van der Waals surface area contributed by atoms with E-state index in [1.54, 1.807) is 29.9 Å². The molecule has 8 heteroatoms. The maximum absolute atomic E-state index is 12.5. The number of amides is 1. The molecule has 0 aliphatic carbocycles. The third-order valence-electron chi connectivity index (χ3n) is 3.93. The molecular formula is C19H15N5O2S. The molecule has 134 valence electrons. The van der Waals surface area contributed by atoms with E-state index in [1.807, 2.05) is 37.3 Å². The highest BCUT2D eigenvalue weighted by molar-refractivity contribution is 7.12. The average molecular weight is 377 g/mol. The van der Waals surface area contributed by atoms with Crippen LogP contribution in [0.5, 0.6) is 0 Å². The molecule has 4 aromatic rings. The molecule has 27 heavy (non-hydrogen) atoms. The number of carbonyl (C=O) groups is 1. The minimum atomic E-state index is -0.239. The summed E-state index contributed by atoms with van der Waals surface area (Å²) in [7, 11) is 0. The van der Waals surface area contributed by atoms with Crippen LogP contribution in [0, 0.1) is 0 Å². The van der Waals surface area contributed by atoms with Gasteiger partial charge in [0.2, 0.25) is 5.82 Å². The summed E-state index contributed by atoms with van der Waals surface area (Å²) in [6.45, 7) is 1.93. The Labute approximate surface area is 159 Å². The van der Waals surface area contributed by atoms with Crippen LogP contribution in [0.25, 0.3) is 23.0 Å². The van der Waals surface area contributed by atoms with Crippen LogP contribution in [-0.4, -0.2) is 26.0 Å². The molecule has 4 rings (SSSR count). The van der Waals surface area contributed by atoms with Gasteiger partial charge in [-0.05, 0) is 24.6 Å². The Morgan fingerprint density at radius 2 is 1.89 bits per heavy atom. The highest BCUT2D eigenvalue weighted by Crippen LogP contribution is 2.24. The van der Waals surface area contributed by atoms with Crippen LogP contribution in [-0.2, 0) is 0 Å². The summed E-state index contributed by atoms with van der Waals surface area (Å²) in [5, 5.41) is 8.97. The molecule has 1 N–H and O–H groups in total. The predicted molar refractivity (Wildman–Crippen MR) is 101 cm³/mol. The van der Waals surface area contributed by atoms with Gasteiger partial charge in [-0.3, -0.25) is 9.78 Å². The first-order chi connectivity index (χ1) is 13.2. The van der Waals surface area contributed by atoms with Crippen molar-refractivity contribution in [3.63, 3.8) is 0 Å². The van der Waals surface area contributed by atoms with Crippen LogP contribution in [0.3, 0.4) is 0 Å². The van der Waals surface area contributed by atoms with E-state index in [4.69, 9.17) is 4.52 Å². The van der Waals surface area contributed by atoms with Crippen LogP contribution in [0.2, 0.25) is 0 Å². The molecule has 0 fully saturated rings. The summed E-state index contributed by atoms with van der Waals surface area (Å²) in [5.41, 5.74) is 2.30. The minimum absolute atomic E-state index is 0.118. The fourth-order valence-electron chi connectivity index (χ4n) is 2.51. The van der Waals surface area contributed by atoms with Crippen molar-refractivity contribution in [2.45, 2.75) is 13.0 Å². The van der Waals surface area contributed by atoms with Gasteiger partial charge in [-0.15, -0.1) is 11.3 Å². The van der Waals surface area contributed by atoms with Crippen molar-refractivity contribution in [3.05, 3.63) is 70.8 Å². The van der Waals surface area contributed by atoms with Gasteiger partial charge in [-0.1, -0.05) is 35.5 Å². The number of carbonyl (C=O) groups excluding carboxylic acids is 1. The van der Waals surface area contributed by atoms with Gasteiger partial charge in [-0.2, -0.15) is 4.98 Å². The SMILES string of the molecule is C[C@@H](NC(=O)c1nc(-c2nc(-c3ccncc3)no2)cs1)c1ccccc1. The van der Waals surface area contributed by atoms with E-state index in [-0.39, 0.29) is 17.8 Å². The van der Waals surface area contributed by atoms with Crippen molar-refractivity contribution in [1.82, 2.24) is 25.4 Å². The fourth-order valence-corrected chi connectivity index (χ4v) is 3.20. The molecular weight excluding hydrogens is 362 g/mol. The zero-order chi connectivity index (χ0) is 18.6. The molecule has 1 amide bonds. The number of nitrogens with zero attached hydrogens (tertiary/aromatic N) is 4. The monoisotopic (exact) mass is 377 g/mol. The molecule has 3 aromatic heterocycles. The molecule has 0 bridgehead atoms. The first-order valence-corrected chi connectivity index (χ1v) is 9.14.